The maximum atomic E-state index is 12.6. The van der Waals surface area contributed by atoms with Gasteiger partial charge in [0.15, 0.2) is 17.3 Å². The number of carbonyl (C=O) groups is 1. The fourth-order valence-electron chi connectivity index (χ4n) is 5.33. The fraction of sp³-hybridized carbons (Fsp3) is 0.433. The maximum Gasteiger partial charge on any atom is 0.321 e. The Morgan fingerprint density at radius 2 is 1.95 bits per heavy atom. The molecule has 0 amide bonds. The molecule has 2 N–H and O–H groups in total. The lowest BCUT2D eigenvalue weighted by molar-refractivity contribution is -0.170. The van der Waals surface area contributed by atoms with Gasteiger partial charge < -0.3 is 24.4 Å². The lowest BCUT2D eigenvalue weighted by Crippen LogP contribution is -2.53. The number of nitrogens with zero attached hydrogens (tertiary/aromatic N) is 3. The highest BCUT2D eigenvalue weighted by atomic mass is 16.5. The molecule has 0 radical (unpaired) electrons. The van der Waals surface area contributed by atoms with Crippen molar-refractivity contribution in [3.63, 3.8) is 0 Å². The van der Waals surface area contributed by atoms with Gasteiger partial charge in [-0.25, -0.2) is 9.98 Å². The van der Waals surface area contributed by atoms with Crippen LogP contribution in [0.4, 0.5) is 0 Å². The molecular weight excluding hydrogens is 498 g/mol. The minimum Gasteiger partial charge on any atom is -0.493 e. The number of aliphatic hydroxyl groups excluding tert-OH is 1. The Bertz CT molecular complexity index is 1190. The number of carboxylic acid groups (broad SMARTS) is 1. The first-order valence-corrected chi connectivity index (χ1v) is 13.3. The number of benzene rings is 2. The van der Waals surface area contributed by atoms with Crippen molar-refractivity contribution in [1.29, 1.82) is 0 Å². The number of aliphatic imine (C=N–C) groups is 2. The van der Waals surface area contributed by atoms with E-state index >= 15 is 0 Å². The summed E-state index contributed by atoms with van der Waals surface area (Å²) in [4.78, 5) is 22.5. The summed E-state index contributed by atoms with van der Waals surface area (Å²) >= 11 is 0. The first-order valence-electron chi connectivity index (χ1n) is 13.3. The lowest BCUT2D eigenvalue weighted by atomic mass is 9.91. The fourth-order valence-corrected chi connectivity index (χ4v) is 5.33. The molecule has 1 heterocycles. The van der Waals surface area contributed by atoms with Crippen LogP contribution in [0.15, 0.2) is 65.2 Å². The number of rotatable bonds is 11. The van der Waals surface area contributed by atoms with Gasteiger partial charge in [-0.1, -0.05) is 55.8 Å². The zero-order valence-corrected chi connectivity index (χ0v) is 22.5. The first-order chi connectivity index (χ1) is 19.0. The minimum atomic E-state index is -1.17. The molecule has 3 unspecified atom stereocenters. The van der Waals surface area contributed by atoms with Crippen molar-refractivity contribution in [2.24, 2.45) is 9.98 Å². The van der Waals surface area contributed by atoms with Crippen molar-refractivity contribution >= 4 is 18.0 Å². The SMILES string of the molecule is C=C/N=C(COc1c(OC)ccc2c1CC(C(=O)O)N(C(O)C(OC1CCCC1)c1ccccc1)C2)\N=C/C. The Morgan fingerprint density at radius 1 is 1.21 bits per heavy atom. The normalized spacial score (nSPS) is 20.0. The minimum absolute atomic E-state index is 0.0340. The Kier molecular flexibility index (Phi) is 9.86. The van der Waals surface area contributed by atoms with E-state index in [2.05, 4.69) is 16.6 Å². The molecule has 2 aliphatic rings. The van der Waals surface area contributed by atoms with Crippen LogP contribution in [0.3, 0.4) is 0 Å². The second-order valence-corrected chi connectivity index (χ2v) is 9.66. The molecule has 3 atom stereocenters. The zero-order chi connectivity index (χ0) is 27.8. The van der Waals surface area contributed by atoms with Crippen molar-refractivity contribution in [2.75, 3.05) is 13.7 Å². The number of hydrogen-bond acceptors (Lipinski definition) is 7. The van der Waals surface area contributed by atoms with Crippen molar-refractivity contribution < 1.29 is 29.2 Å². The van der Waals surface area contributed by atoms with Gasteiger partial charge in [0.05, 0.1) is 13.2 Å². The van der Waals surface area contributed by atoms with Crippen LogP contribution in [0, 0.1) is 0 Å². The first kappa shape index (κ1) is 28.5. The van der Waals surface area contributed by atoms with E-state index in [0.717, 1.165) is 42.4 Å². The highest BCUT2D eigenvalue weighted by molar-refractivity contribution is 5.90. The van der Waals surface area contributed by atoms with E-state index < -0.39 is 24.3 Å². The van der Waals surface area contributed by atoms with Gasteiger partial charge in [0.1, 0.15) is 25.0 Å². The topological polar surface area (TPSA) is 113 Å². The van der Waals surface area contributed by atoms with Gasteiger partial charge in [-0.15, -0.1) is 0 Å². The summed E-state index contributed by atoms with van der Waals surface area (Å²) < 4.78 is 18.1. The molecule has 39 heavy (non-hydrogen) atoms. The molecule has 0 saturated heterocycles. The van der Waals surface area contributed by atoms with E-state index in [0.29, 0.717) is 17.3 Å². The third-order valence-corrected chi connectivity index (χ3v) is 7.22. The lowest BCUT2D eigenvalue weighted by Gasteiger charge is -2.41. The predicted octanol–water partition coefficient (Wildman–Crippen LogP) is 4.54. The van der Waals surface area contributed by atoms with Crippen LogP contribution >= 0.6 is 0 Å². The van der Waals surface area contributed by atoms with Crippen LogP contribution in [0.25, 0.3) is 0 Å². The molecule has 0 bridgehead atoms. The third kappa shape index (κ3) is 6.73. The van der Waals surface area contributed by atoms with Gasteiger partial charge in [0, 0.05) is 30.9 Å². The standard InChI is InChI=1S/C30H37N3O6/c1-4-31-26(32-5-2)19-38-28-23-17-24(30(35)36)33(18-21(23)15-16-25(28)37-3)29(34)27(20-11-7-6-8-12-20)39-22-13-9-10-14-22/h4-8,11-12,15-16,22,24,27,29,34H,1,9-10,13-14,17-19H2,2-3H3,(H,35,36)/b31-26-,32-5-. The number of ether oxygens (including phenoxy) is 3. The molecule has 0 spiro atoms. The molecule has 4 rings (SSSR count). The van der Waals surface area contributed by atoms with Crippen molar-refractivity contribution in [3.05, 3.63) is 71.9 Å². The van der Waals surface area contributed by atoms with E-state index in [1.807, 2.05) is 36.4 Å². The number of aliphatic carboxylic acids is 1. The number of methoxy groups -OCH3 is 1. The summed E-state index contributed by atoms with van der Waals surface area (Å²) in [5.41, 5.74) is 2.38. The Hall–Kier alpha value is -3.53. The Morgan fingerprint density at radius 3 is 2.59 bits per heavy atom. The molecule has 2 aromatic rings. The summed E-state index contributed by atoms with van der Waals surface area (Å²) in [6, 6.07) is 12.2. The summed E-state index contributed by atoms with van der Waals surface area (Å²) in [6.07, 6.45) is 5.34. The van der Waals surface area contributed by atoms with Crippen LogP contribution in [0.1, 0.15) is 55.4 Å². The van der Waals surface area contributed by atoms with Crippen molar-refractivity contribution in [3.8, 4) is 11.5 Å². The number of fused-ring (bicyclic) bond motifs is 1. The van der Waals surface area contributed by atoms with Crippen LogP contribution in [0.5, 0.6) is 11.5 Å². The highest BCUT2D eigenvalue weighted by Gasteiger charge is 2.41. The Labute approximate surface area is 229 Å². The summed E-state index contributed by atoms with van der Waals surface area (Å²) in [5.74, 6) is 0.313. The molecule has 1 aliphatic carbocycles. The molecular formula is C30H37N3O6. The second-order valence-electron chi connectivity index (χ2n) is 9.66. The number of carboxylic acids is 1. The van der Waals surface area contributed by atoms with Crippen LogP contribution in [-0.4, -0.2) is 65.2 Å². The third-order valence-electron chi connectivity index (χ3n) is 7.22. The van der Waals surface area contributed by atoms with E-state index in [4.69, 9.17) is 14.2 Å². The largest absolute Gasteiger partial charge is 0.493 e. The summed E-state index contributed by atoms with van der Waals surface area (Å²) in [6.45, 7) is 5.65. The monoisotopic (exact) mass is 535 g/mol. The quantitative estimate of drug-likeness (QED) is 0.321. The van der Waals surface area contributed by atoms with Crippen molar-refractivity contribution in [1.82, 2.24) is 4.90 Å². The van der Waals surface area contributed by atoms with Crippen LogP contribution in [-0.2, 0) is 22.5 Å². The van der Waals surface area contributed by atoms with Gasteiger partial charge >= 0.3 is 5.97 Å². The van der Waals surface area contributed by atoms with E-state index in [9.17, 15) is 15.0 Å². The average Bonchev–Trinajstić information content (AvgIpc) is 3.47. The maximum absolute atomic E-state index is 12.6. The molecule has 9 nitrogen and oxygen atoms in total. The molecule has 1 saturated carbocycles. The summed E-state index contributed by atoms with van der Waals surface area (Å²) in [5, 5.41) is 22.0. The molecule has 208 valence electrons. The molecule has 1 aliphatic heterocycles. The number of aliphatic hydroxyl groups is 1. The second kappa shape index (κ2) is 13.5. The van der Waals surface area contributed by atoms with E-state index in [-0.39, 0.29) is 25.7 Å². The van der Waals surface area contributed by atoms with Crippen LogP contribution in [0.2, 0.25) is 0 Å². The van der Waals surface area contributed by atoms with Gasteiger partial charge in [-0.05, 0) is 37.0 Å². The van der Waals surface area contributed by atoms with Gasteiger partial charge in [0.2, 0.25) is 0 Å². The Balaban J connectivity index is 1.66. The van der Waals surface area contributed by atoms with Gasteiger partial charge in [-0.3, -0.25) is 9.69 Å². The van der Waals surface area contributed by atoms with E-state index in [1.54, 1.807) is 24.1 Å². The number of hydrogen-bond donors (Lipinski definition) is 2. The smallest absolute Gasteiger partial charge is 0.321 e. The predicted molar refractivity (Wildman–Crippen MR) is 149 cm³/mol. The molecule has 9 heteroatoms. The van der Waals surface area contributed by atoms with Crippen LogP contribution < -0.4 is 9.47 Å². The average molecular weight is 536 g/mol. The van der Waals surface area contributed by atoms with E-state index in [1.165, 1.54) is 13.3 Å². The van der Waals surface area contributed by atoms with Gasteiger partial charge in [0.25, 0.3) is 0 Å². The summed E-state index contributed by atoms with van der Waals surface area (Å²) in [7, 11) is 1.54. The molecule has 0 aromatic heterocycles. The van der Waals surface area contributed by atoms with Crippen molar-refractivity contribution in [2.45, 2.75) is 70.1 Å². The zero-order valence-electron chi connectivity index (χ0n) is 22.5. The van der Waals surface area contributed by atoms with Gasteiger partial charge in [-0.2, -0.15) is 0 Å². The number of amidine groups is 1. The molecule has 1 fully saturated rings. The molecule has 2 aromatic carbocycles. The highest BCUT2D eigenvalue weighted by Crippen LogP contribution is 2.40.